The van der Waals surface area contributed by atoms with Gasteiger partial charge in [0, 0.05) is 11.6 Å². The average Bonchev–Trinajstić information content (AvgIpc) is 2.16. The number of hydrogen-bond acceptors (Lipinski definition) is 4. The monoisotopic (exact) mass is 217 g/mol. The summed E-state index contributed by atoms with van der Waals surface area (Å²) in [6.07, 6.45) is -3.23. The van der Waals surface area contributed by atoms with Gasteiger partial charge in [0.25, 0.3) is 0 Å². The van der Waals surface area contributed by atoms with Crippen LogP contribution in [0.2, 0.25) is 0 Å². The SMILES string of the molecule is O=C(c1ccc(O)c([N+](=O)[O-])c1)C(F)F. The molecule has 0 saturated heterocycles. The maximum Gasteiger partial charge on any atom is 0.311 e. The van der Waals surface area contributed by atoms with Crippen molar-refractivity contribution in [1.82, 2.24) is 0 Å². The van der Waals surface area contributed by atoms with Crippen molar-refractivity contribution in [1.29, 1.82) is 0 Å². The van der Waals surface area contributed by atoms with Crippen LogP contribution in [-0.2, 0) is 0 Å². The Morgan fingerprint density at radius 3 is 2.53 bits per heavy atom. The molecule has 5 nitrogen and oxygen atoms in total. The number of ketones is 1. The number of carbonyl (C=O) groups excluding carboxylic acids is 1. The number of hydrogen-bond donors (Lipinski definition) is 1. The number of phenols is 1. The number of alkyl halides is 2. The first-order chi connectivity index (χ1) is 6.93. The highest BCUT2D eigenvalue weighted by atomic mass is 19.3. The molecule has 15 heavy (non-hydrogen) atoms. The third-order valence-corrected chi connectivity index (χ3v) is 1.65. The van der Waals surface area contributed by atoms with E-state index in [1.165, 1.54) is 0 Å². The second-order valence-electron chi connectivity index (χ2n) is 2.63. The fourth-order valence-electron chi connectivity index (χ4n) is 0.949. The van der Waals surface area contributed by atoms with E-state index in [0.717, 1.165) is 12.1 Å². The topological polar surface area (TPSA) is 80.4 Å². The second kappa shape index (κ2) is 3.99. The highest BCUT2D eigenvalue weighted by Crippen LogP contribution is 2.27. The number of benzene rings is 1. The largest absolute Gasteiger partial charge is 0.502 e. The van der Waals surface area contributed by atoms with Crippen molar-refractivity contribution in [3.8, 4) is 5.75 Å². The Labute approximate surface area is 82.1 Å². The molecule has 1 aromatic carbocycles. The Morgan fingerprint density at radius 2 is 2.07 bits per heavy atom. The van der Waals surface area contributed by atoms with E-state index in [4.69, 9.17) is 5.11 Å². The van der Waals surface area contributed by atoms with Crippen LogP contribution in [0.1, 0.15) is 10.4 Å². The first kappa shape index (κ1) is 11.0. The van der Waals surface area contributed by atoms with Crippen LogP contribution in [0.15, 0.2) is 18.2 Å². The van der Waals surface area contributed by atoms with E-state index in [2.05, 4.69) is 0 Å². The highest BCUT2D eigenvalue weighted by Gasteiger charge is 2.22. The summed E-state index contributed by atoms with van der Waals surface area (Å²) in [5, 5.41) is 19.3. The highest BCUT2D eigenvalue weighted by molar-refractivity contribution is 5.99. The van der Waals surface area contributed by atoms with Gasteiger partial charge in [-0.05, 0) is 12.1 Å². The average molecular weight is 217 g/mol. The molecule has 0 radical (unpaired) electrons. The maximum absolute atomic E-state index is 12.0. The van der Waals surface area contributed by atoms with Crippen molar-refractivity contribution in [2.75, 3.05) is 0 Å². The third kappa shape index (κ3) is 2.25. The molecule has 1 rings (SSSR count). The van der Waals surface area contributed by atoms with Gasteiger partial charge in [-0.25, -0.2) is 8.78 Å². The summed E-state index contributed by atoms with van der Waals surface area (Å²) in [5.74, 6) is -2.19. The van der Waals surface area contributed by atoms with E-state index in [9.17, 15) is 23.7 Å². The summed E-state index contributed by atoms with van der Waals surface area (Å²) in [7, 11) is 0. The smallest absolute Gasteiger partial charge is 0.311 e. The normalized spacial score (nSPS) is 10.3. The van der Waals surface area contributed by atoms with E-state index in [0.29, 0.717) is 6.07 Å². The summed E-state index contributed by atoms with van der Waals surface area (Å²) in [6, 6.07) is 2.34. The number of rotatable bonds is 3. The zero-order valence-electron chi connectivity index (χ0n) is 7.18. The molecule has 0 atom stereocenters. The molecule has 0 fully saturated rings. The lowest BCUT2D eigenvalue weighted by atomic mass is 10.1. The van der Waals surface area contributed by atoms with Crippen molar-refractivity contribution in [3.05, 3.63) is 33.9 Å². The van der Waals surface area contributed by atoms with Gasteiger partial charge in [-0.2, -0.15) is 0 Å². The zero-order chi connectivity index (χ0) is 11.6. The van der Waals surface area contributed by atoms with Gasteiger partial charge in [-0.15, -0.1) is 0 Å². The van der Waals surface area contributed by atoms with E-state index in [1.54, 1.807) is 0 Å². The molecule has 0 aliphatic carbocycles. The standard InChI is InChI=1S/C8H5F2NO4/c9-8(10)7(13)4-1-2-6(12)5(3-4)11(14)15/h1-3,8,12H. The van der Waals surface area contributed by atoms with Gasteiger partial charge in [0.2, 0.25) is 5.78 Å². The fraction of sp³-hybridized carbons (Fsp3) is 0.125. The molecule has 0 aliphatic rings. The van der Waals surface area contributed by atoms with E-state index in [1.807, 2.05) is 0 Å². The van der Waals surface area contributed by atoms with Gasteiger partial charge in [-0.3, -0.25) is 14.9 Å². The first-order valence-electron chi connectivity index (χ1n) is 3.73. The molecular formula is C8H5F2NO4. The fourth-order valence-corrected chi connectivity index (χ4v) is 0.949. The van der Waals surface area contributed by atoms with Crippen LogP contribution >= 0.6 is 0 Å². The summed E-state index contributed by atoms with van der Waals surface area (Å²) in [4.78, 5) is 20.1. The van der Waals surface area contributed by atoms with E-state index >= 15 is 0 Å². The molecule has 7 heteroatoms. The summed E-state index contributed by atoms with van der Waals surface area (Å²) < 4.78 is 23.9. The van der Waals surface area contributed by atoms with Crippen LogP contribution in [0, 0.1) is 10.1 Å². The molecular weight excluding hydrogens is 212 g/mol. The van der Waals surface area contributed by atoms with Crippen LogP contribution in [0.25, 0.3) is 0 Å². The predicted molar refractivity (Wildman–Crippen MR) is 45.1 cm³/mol. The minimum Gasteiger partial charge on any atom is -0.502 e. The zero-order valence-corrected chi connectivity index (χ0v) is 7.18. The van der Waals surface area contributed by atoms with Gasteiger partial charge in [0.15, 0.2) is 5.75 Å². The number of nitrogens with zero attached hydrogens (tertiary/aromatic N) is 1. The van der Waals surface area contributed by atoms with Crippen LogP contribution in [0.4, 0.5) is 14.5 Å². The summed E-state index contributed by atoms with van der Waals surface area (Å²) in [5.41, 5.74) is -1.28. The van der Waals surface area contributed by atoms with E-state index < -0.39 is 34.1 Å². The molecule has 0 bridgehead atoms. The maximum atomic E-state index is 12.0. The second-order valence-corrected chi connectivity index (χ2v) is 2.63. The number of phenolic OH excluding ortho intramolecular Hbond substituents is 1. The Balaban J connectivity index is 3.19. The number of aromatic hydroxyl groups is 1. The molecule has 0 aliphatic heterocycles. The molecule has 1 aromatic rings. The minimum atomic E-state index is -3.23. The Kier molecular flexibility index (Phi) is 2.93. The number of carbonyl (C=O) groups is 1. The van der Waals surface area contributed by atoms with Gasteiger partial charge in [0.05, 0.1) is 4.92 Å². The van der Waals surface area contributed by atoms with Gasteiger partial charge < -0.3 is 5.11 Å². The third-order valence-electron chi connectivity index (χ3n) is 1.65. The molecule has 0 amide bonds. The Morgan fingerprint density at radius 1 is 1.47 bits per heavy atom. The Bertz CT molecular complexity index is 419. The van der Waals surface area contributed by atoms with Gasteiger partial charge in [-0.1, -0.05) is 0 Å². The lowest BCUT2D eigenvalue weighted by Crippen LogP contribution is -2.10. The molecule has 0 unspecified atom stereocenters. The molecule has 1 N–H and O–H groups in total. The quantitative estimate of drug-likeness (QED) is 0.475. The number of nitro benzene ring substituents is 1. The lowest BCUT2D eigenvalue weighted by Gasteiger charge is -2.00. The Hall–Kier alpha value is -2.05. The molecule has 80 valence electrons. The predicted octanol–water partition coefficient (Wildman–Crippen LogP) is 1.75. The number of halogens is 2. The van der Waals surface area contributed by atoms with Gasteiger partial charge in [0.1, 0.15) is 0 Å². The van der Waals surface area contributed by atoms with Crippen molar-refractivity contribution in [3.63, 3.8) is 0 Å². The number of Topliss-reactive ketones (excluding diaryl/α,β-unsaturated/α-hetero) is 1. The number of nitro groups is 1. The lowest BCUT2D eigenvalue weighted by molar-refractivity contribution is -0.385. The van der Waals surface area contributed by atoms with Crippen LogP contribution < -0.4 is 0 Å². The minimum absolute atomic E-state index is 0.505. The van der Waals surface area contributed by atoms with Crippen molar-refractivity contribution in [2.45, 2.75) is 6.43 Å². The van der Waals surface area contributed by atoms with Crippen LogP contribution in [0.5, 0.6) is 5.75 Å². The molecule has 0 aromatic heterocycles. The van der Waals surface area contributed by atoms with E-state index in [-0.39, 0.29) is 0 Å². The first-order valence-corrected chi connectivity index (χ1v) is 3.73. The molecule has 0 spiro atoms. The van der Waals surface area contributed by atoms with Crippen LogP contribution in [-0.4, -0.2) is 22.2 Å². The summed E-state index contributed by atoms with van der Waals surface area (Å²) >= 11 is 0. The van der Waals surface area contributed by atoms with Crippen LogP contribution in [0.3, 0.4) is 0 Å². The molecule has 0 heterocycles. The van der Waals surface area contributed by atoms with Crippen molar-refractivity contribution in [2.24, 2.45) is 0 Å². The summed E-state index contributed by atoms with van der Waals surface area (Å²) in [6.45, 7) is 0. The molecule has 0 saturated carbocycles. The van der Waals surface area contributed by atoms with Gasteiger partial charge >= 0.3 is 12.1 Å². The van der Waals surface area contributed by atoms with Crippen molar-refractivity contribution < 1.29 is 23.6 Å². The van der Waals surface area contributed by atoms with Crippen molar-refractivity contribution >= 4 is 11.5 Å².